The van der Waals surface area contributed by atoms with Crippen LogP contribution in [-0.2, 0) is 15.9 Å². The van der Waals surface area contributed by atoms with Gasteiger partial charge in [-0.15, -0.1) is 13.2 Å². The van der Waals surface area contributed by atoms with Crippen LogP contribution < -0.4 is 14.9 Å². The molecule has 3 rings (SSSR count). The van der Waals surface area contributed by atoms with Gasteiger partial charge in [0, 0.05) is 5.02 Å². The number of rotatable bonds is 5. The summed E-state index contributed by atoms with van der Waals surface area (Å²) in [4.78, 5) is 0. The summed E-state index contributed by atoms with van der Waals surface area (Å²) in [5.41, 5.74) is -0.681. The second kappa shape index (κ2) is 7.74. The lowest BCUT2D eigenvalue weighted by Crippen LogP contribution is -2.41. The minimum atomic E-state index is -4.92. The molecule has 29 heavy (non-hydrogen) atoms. The number of hydrogen-bond acceptors (Lipinski definition) is 4. The monoisotopic (exact) mass is 428 g/mol. The van der Waals surface area contributed by atoms with Crippen LogP contribution >= 0.6 is 11.6 Å². The third-order valence-electron chi connectivity index (χ3n) is 5.02. The lowest BCUT2D eigenvalue weighted by Gasteiger charge is -2.32. The topological polar surface area (TPSA) is 36.9 Å². The first-order valence-electron chi connectivity index (χ1n) is 8.99. The molecular weight excluding hydrogens is 407 g/mol. The van der Waals surface area contributed by atoms with E-state index >= 15 is 0 Å². The van der Waals surface area contributed by atoms with Crippen LogP contribution in [0, 0.1) is 0 Å². The predicted octanol–water partition coefficient (Wildman–Crippen LogP) is 5.12. The average molecular weight is 429 g/mol. The molecule has 0 saturated carbocycles. The van der Waals surface area contributed by atoms with Crippen LogP contribution in [0.1, 0.15) is 33.3 Å². The highest BCUT2D eigenvalue weighted by Crippen LogP contribution is 2.39. The molecule has 0 spiro atoms. The molecule has 1 heterocycles. The van der Waals surface area contributed by atoms with Gasteiger partial charge in [0.2, 0.25) is 0 Å². The molecule has 0 N–H and O–H groups in total. The van der Waals surface area contributed by atoms with E-state index in [0.29, 0.717) is 0 Å². The standard InChI is InChI=1S/C20H21BClF3O4/c1-18(2)19(3,4)29-21(28-18)17-15(26-12-13-8-6-5-7-9-13)10-14(22)11-16(17)27-20(23,24)25/h5-11H,12H2,1-4H3. The maximum atomic E-state index is 13.0. The summed E-state index contributed by atoms with van der Waals surface area (Å²) in [5.74, 6) is -0.425. The van der Waals surface area contributed by atoms with E-state index in [1.807, 2.05) is 30.3 Å². The van der Waals surface area contributed by atoms with Gasteiger partial charge >= 0.3 is 13.5 Å². The van der Waals surface area contributed by atoms with Crippen molar-refractivity contribution in [2.75, 3.05) is 0 Å². The zero-order chi connectivity index (χ0) is 21.4. The van der Waals surface area contributed by atoms with Crippen molar-refractivity contribution >= 4 is 24.2 Å². The van der Waals surface area contributed by atoms with Crippen molar-refractivity contribution in [2.45, 2.75) is 51.9 Å². The first kappa shape index (κ1) is 21.8. The summed E-state index contributed by atoms with van der Waals surface area (Å²) in [6.45, 7) is 7.34. The van der Waals surface area contributed by atoms with Crippen molar-refractivity contribution in [2.24, 2.45) is 0 Å². The Labute approximate surface area is 173 Å². The fourth-order valence-electron chi connectivity index (χ4n) is 2.83. The molecule has 0 unspecified atom stereocenters. The van der Waals surface area contributed by atoms with E-state index in [1.54, 1.807) is 27.7 Å². The van der Waals surface area contributed by atoms with Gasteiger partial charge in [-0.1, -0.05) is 41.9 Å². The lowest BCUT2D eigenvalue weighted by atomic mass is 9.77. The Bertz CT molecular complexity index is 856. The summed E-state index contributed by atoms with van der Waals surface area (Å²) >= 11 is 6.04. The predicted molar refractivity (Wildman–Crippen MR) is 105 cm³/mol. The molecule has 0 bridgehead atoms. The van der Waals surface area contributed by atoms with Crippen LogP contribution in [0.25, 0.3) is 0 Å². The number of ether oxygens (including phenoxy) is 2. The molecule has 9 heteroatoms. The molecule has 0 atom stereocenters. The van der Waals surface area contributed by atoms with Crippen molar-refractivity contribution in [1.29, 1.82) is 0 Å². The fraction of sp³-hybridized carbons (Fsp3) is 0.400. The average Bonchev–Trinajstić information content (AvgIpc) is 2.79. The van der Waals surface area contributed by atoms with Gasteiger partial charge in [0.25, 0.3) is 0 Å². The number of halogens is 4. The van der Waals surface area contributed by atoms with Crippen molar-refractivity contribution < 1.29 is 32.0 Å². The zero-order valence-electron chi connectivity index (χ0n) is 16.5. The Morgan fingerprint density at radius 2 is 1.52 bits per heavy atom. The molecule has 1 aliphatic rings. The SMILES string of the molecule is CC1(C)OB(c2c(OCc3ccccc3)cc(Cl)cc2OC(F)(F)F)OC1(C)C. The van der Waals surface area contributed by atoms with Crippen LogP contribution in [0.15, 0.2) is 42.5 Å². The molecule has 2 aromatic rings. The number of hydrogen-bond donors (Lipinski definition) is 0. The Balaban J connectivity index is 2.02. The molecule has 0 aliphatic carbocycles. The van der Waals surface area contributed by atoms with Crippen molar-refractivity contribution in [3.05, 3.63) is 53.1 Å². The second-order valence-electron chi connectivity index (χ2n) is 7.73. The number of benzene rings is 2. The van der Waals surface area contributed by atoms with Gasteiger partial charge in [-0.3, -0.25) is 0 Å². The van der Waals surface area contributed by atoms with Crippen molar-refractivity contribution in [3.8, 4) is 11.5 Å². The minimum Gasteiger partial charge on any atom is -0.489 e. The van der Waals surface area contributed by atoms with Gasteiger partial charge < -0.3 is 18.8 Å². The van der Waals surface area contributed by atoms with E-state index in [4.69, 9.17) is 25.6 Å². The summed E-state index contributed by atoms with van der Waals surface area (Å²) in [7, 11) is -1.12. The highest BCUT2D eigenvalue weighted by molar-refractivity contribution is 6.64. The van der Waals surface area contributed by atoms with Gasteiger partial charge in [0.15, 0.2) is 0 Å². The van der Waals surface area contributed by atoms with E-state index in [2.05, 4.69) is 4.74 Å². The molecular formula is C20H21BClF3O4. The molecule has 0 amide bonds. The van der Waals surface area contributed by atoms with Gasteiger partial charge in [-0.05, 0) is 45.4 Å². The Hall–Kier alpha value is -1.90. The van der Waals surface area contributed by atoms with E-state index in [-0.39, 0.29) is 22.8 Å². The van der Waals surface area contributed by atoms with Crippen LogP contribution in [0.4, 0.5) is 13.2 Å². The van der Waals surface area contributed by atoms with E-state index in [0.717, 1.165) is 11.6 Å². The Kier molecular flexibility index (Phi) is 5.82. The van der Waals surface area contributed by atoms with Gasteiger partial charge in [0.05, 0.1) is 16.7 Å². The first-order valence-corrected chi connectivity index (χ1v) is 9.37. The van der Waals surface area contributed by atoms with E-state index < -0.39 is 30.4 Å². The minimum absolute atomic E-state index is 0.00121. The largest absolute Gasteiger partial charge is 0.573 e. The fourth-order valence-corrected chi connectivity index (χ4v) is 3.02. The molecule has 0 radical (unpaired) electrons. The van der Waals surface area contributed by atoms with Crippen LogP contribution in [0.2, 0.25) is 5.02 Å². The highest BCUT2D eigenvalue weighted by atomic mass is 35.5. The third kappa shape index (κ3) is 5.00. The smallest absolute Gasteiger partial charge is 0.489 e. The summed E-state index contributed by atoms with van der Waals surface area (Å²) in [6.07, 6.45) is -4.92. The van der Waals surface area contributed by atoms with Crippen molar-refractivity contribution in [3.63, 3.8) is 0 Å². The highest BCUT2D eigenvalue weighted by Gasteiger charge is 2.54. The zero-order valence-corrected chi connectivity index (χ0v) is 17.2. The summed E-state index contributed by atoms with van der Waals surface area (Å²) in [6, 6.07) is 11.7. The molecule has 156 valence electrons. The summed E-state index contributed by atoms with van der Waals surface area (Å²) in [5, 5.41) is 0.0348. The second-order valence-corrected chi connectivity index (χ2v) is 8.16. The van der Waals surface area contributed by atoms with Gasteiger partial charge in [-0.2, -0.15) is 0 Å². The lowest BCUT2D eigenvalue weighted by molar-refractivity contribution is -0.274. The van der Waals surface area contributed by atoms with Crippen LogP contribution in [0.3, 0.4) is 0 Å². The summed E-state index contributed by atoms with van der Waals surface area (Å²) < 4.78 is 61.1. The normalized spacial score (nSPS) is 18.0. The van der Waals surface area contributed by atoms with Gasteiger partial charge in [-0.25, -0.2) is 0 Å². The van der Waals surface area contributed by atoms with Crippen LogP contribution in [0.5, 0.6) is 11.5 Å². The molecule has 1 aliphatic heterocycles. The van der Waals surface area contributed by atoms with E-state index in [1.165, 1.54) is 6.07 Å². The van der Waals surface area contributed by atoms with E-state index in [9.17, 15) is 13.2 Å². The molecule has 1 fully saturated rings. The maximum absolute atomic E-state index is 13.0. The van der Waals surface area contributed by atoms with Crippen LogP contribution in [-0.4, -0.2) is 24.7 Å². The molecule has 4 nitrogen and oxygen atoms in total. The number of alkyl halides is 3. The van der Waals surface area contributed by atoms with Crippen molar-refractivity contribution in [1.82, 2.24) is 0 Å². The molecule has 2 aromatic carbocycles. The Morgan fingerprint density at radius 1 is 0.966 bits per heavy atom. The first-order chi connectivity index (χ1) is 13.4. The Morgan fingerprint density at radius 3 is 2.07 bits per heavy atom. The quantitative estimate of drug-likeness (QED) is 0.620. The maximum Gasteiger partial charge on any atom is 0.573 e. The molecule has 1 saturated heterocycles. The van der Waals surface area contributed by atoms with Gasteiger partial charge in [0.1, 0.15) is 18.1 Å². The molecule has 0 aromatic heterocycles. The third-order valence-corrected chi connectivity index (χ3v) is 5.24.